The quantitative estimate of drug-likeness (QED) is 0.334. The third kappa shape index (κ3) is 5.16. The van der Waals surface area contributed by atoms with E-state index in [0.717, 1.165) is 0 Å². The van der Waals surface area contributed by atoms with Crippen LogP contribution in [0.3, 0.4) is 0 Å². The molecule has 0 bridgehead atoms. The van der Waals surface area contributed by atoms with E-state index in [1.807, 2.05) is 0 Å². The van der Waals surface area contributed by atoms with Crippen molar-refractivity contribution in [2.45, 2.75) is 13.8 Å². The highest BCUT2D eigenvalue weighted by Crippen LogP contribution is 2.39. The van der Waals surface area contributed by atoms with Gasteiger partial charge in [0, 0.05) is 17.8 Å². The summed E-state index contributed by atoms with van der Waals surface area (Å²) in [6.07, 6.45) is 0. The topological polar surface area (TPSA) is 111 Å². The zero-order chi connectivity index (χ0) is 23.4. The lowest BCUT2D eigenvalue weighted by atomic mass is 10.1. The summed E-state index contributed by atoms with van der Waals surface area (Å²) in [7, 11) is 0. The van der Waals surface area contributed by atoms with Gasteiger partial charge in [0.05, 0.1) is 20.5 Å². The zero-order valence-electron chi connectivity index (χ0n) is 16.9. The van der Waals surface area contributed by atoms with Crippen LogP contribution in [0.2, 0.25) is 10.0 Å². The van der Waals surface area contributed by atoms with Crippen molar-refractivity contribution >= 4 is 46.5 Å². The van der Waals surface area contributed by atoms with Crippen LogP contribution in [0.25, 0.3) is 0 Å². The Bertz CT molecular complexity index is 1210. The second kappa shape index (κ2) is 9.67. The van der Waals surface area contributed by atoms with Gasteiger partial charge in [-0.15, -0.1) is 0 Å². The highest BCUT2D eigenvalue weighted by molar-refractivity contribution is 6.34. The number of nitrogens with one attached hydrogen (secondary N) is 2. The molecule has 2 N–H and O–H groups in total. The molecular formula is C22H17Cl2N3O5. The number of amides is 3. The predicted molar refractivity (Wildman–Crippen MR) is 122 cm³/mol. The summed E-state index contributed by atoms with van der Waals surface area (Å²) in [5, 5.41) is 16.1. The highest BCUT2D eigenvalue weighted by Gasteiger charge is 2.18. The van der Waals surface area contributed by atoms with Gasteiger partial charge in [-0.2, -0.15) is 0 Å². The maximum absolute atomic E-state index is 12.3. The summed E-state index contributed by atoms with van der Waals surface area (Å²) in [5.41, 5.74) is 1.60. The maximum Gasteiger partial charge on any atom is 0.326 e. The largest absolute Gasteiger partial charge is 0.456 e. The lowest BCUT2D eigenvalue weighted by Gasteiger charge is -2.16. The number of hydrogen-bond acceptors (Lipinski definition) is 5. The molecule has 164 valence electrons. The van der Waals surface area contributed by atoms with Crippen molar-refractivity contribution in [3.63, 3.8) is 0 Å². The second-order valence-corrected chi connectivity index (χ2v) is 7.54. The van der Waals surface area contributed by atoms with Gasteiger partial charge in [-0.05, 0) is 55.3 Å². The molecule has 0 spiro atoms. The van der Waals surface area contributed by atoms with Gasteiger partial charge in [-0.1, -0.05) is 35.3 Å². The number of benzene rings is 3. The smallest absolute Gasteiger partial charge is 0.326 e. The van der Waals surface area contributed by atoms with Crippen molar-refractivity contribution in [3.05, 3.63) is 91.4 Å². The SMILES string of the molecule is Cc1cc(NC(=O)NC(=O)c2ccccc2Cl)c(C)c(Cl)c1Oc1ccc([N+](=O)[O-])cc1. The van der Waals surface area contributed by atoms with Crippen LogP contribution < -0.4 is 15.4 Å². The van der Waals surface area contributed by atoms with Crippen LogP contribution in [-0.2, 0) is 0 Å². The van der Waals surface area contributed by atoms with Crippen molar-refractivity contribution in [2.24, 2.45) is 0 Å². The molecule has 0 radical (unpaired) electrons. The number of halogens is 2. The van der Waals surface area contributed by atoms with Crippen molar-refractivity contribution in [3.8, 4) is 11.5 Å². The van der Waals surface area contributed by atoms with Gasteiger partial charge in [0.25, 0.3) is 11.6 Å². The third-order valence-corrected chi connectivity index (χ3v) is 5.30. The van der Waals surface area contributed by atoms with Gasteiger partial charge in [0.1, 0.15) is 11.5 Å². The van der Waals surface area contributed by atoms with E-state index in [1.165, 1.54) is 30.3 Å². The number of non-ortho nitro benzene ring substituents is 1. The molecule has 0 atom stereocenters. The van der Waals surface area contributed by atoms with E-state index in [4.69, 9.17) is 27.9 Å². The molecule has 10 heteroatoms. The molecule has 0 heterocycles. The van der Waals surface area contributed by atoms with E-state index in [9.17, 15) is 19.7 Å². The predicted octanol–water partition coefficient (Wildman–Crippen LogP) is 6.27. The Morgan fingerprint density at radius 3 is 2.31 bits per heavy atom. The molecule has 32 heavy (non-hydrogen) atoms. The molecule has 3 aromatic carbocycles. The van der Waals surface area contributed by atoms with Crippen molar-refractivity contribution < 1.29 is 19.2 Å². The van der Waals surface area contributed by atoms with Crippen LogP contribution in [0.1, 0.15) is 21.5 Å². The molecule has 0 aromatic heterocycles. The van der Waals surface area contributed by atoms with E-state index in [2.05, 4.69) is 10.6 Å². The summed E-state index contributed by atoms with van der Waals surface area (Å²) in [5.74, 6) is 0.0617. The molecule has 0 saturated heterocycles. The fraction of sp³-hybridized carbons (Fsp3) is 0.0909. The number of aryl methyl sites for hydroxylation is 1. The number of nitro groups is 1. The number of urea groups is 1. The highest BCUT2D eigenvalue weighted by atomic mass is 35.5. The number of anilines is 1. The minimum Gasteiger partial charge on any atom is -0.456 e. The first-order chi connectivity index (χ1) is 15.2. The Morgan fingerprint density at radius 2 is 1.69 bits per heavy atom. The minimum atomic E-state index is -0.752. The van der Waals surface area contributed by atoms with Crippen LogP contribution in [0.5, 0.6) is 11.5 Å². The Hall–Kier alpha value is -3.62. The lowest BCUT2D eigenvalue weighted by molar-refractivity contribution is -0.384. The zero-order valence-corrected chi connectivity index (χ0v) is 18.5. The summed E-state index contributed by atoms with van der Waals surface area (Å²) in [6, 6.07) is 12.8. The van der Waals surface area contributed by atoms with Crippen LogP contribution in [0.15, 0.2) is 54.6 Å². The van der Waals surface area contributed by atoms with E-state index >= 15 is 0 Å². The molecule has 0 unspecified atom stereocenters. The van der Waals surface area contributed by atoms with E-state index in [1.54, 1.807) is 38.1 Å². The van der Waals surface area contributed by atoms with Gasteiger partial charge < -0.3 is 10.1 Å². The van der Waals surface area contributed by atoms with E-state index < -0.39 is 16.9 Å². The first-order valence-electron chi connectivity index (χ1n) is 9.26. The number of ether oxygens (including phenoxy) is 1. The minimum absolute atomic E-state index is 0.0618. The first kappa shape index (κ1) is 23.1. The number of hydrogen-bond donors (Lipinski definition) is 2. The molecule has 0 aliphatic carbocycles. The molecule has 0 aliphatic rings. The Kier molecular flexibility index (Phi) is 6.97. The third-order valence-electron chi connectivity index (χ3n) is 4.51. The average Bonchev–Trinajstić information content (AvgIpc) is 2.75. The number of carbonyl (C=O) groups is 2. The summed E-state index contributed by atoms with van der Waals surface area (Å²) < 4.78 is 5.80. The number of nitro benzene ring substituents is 1. The molecule has 3 aromatic rings. The molecule has 0 aliphatic heterocycles. The first-order valence-corrected chi connectivity index (χ1v) is 10.0. The Balaban J connectivity index is 1.76. The molecule has 8 nitrogen and oxygen atoms in total. The number of carbonyl (C=O) groups excluding carboxylic acids is 2. The van der Waals surface area contributed by atoms with E-state index in [0.29, 0.717) is 28.3 Å². The molecule has 0 saturated carbocycles. The van der Waals surface area contributed by atoms with Crippen LogP contribution in [-0.4, -0.2) is 16.9 Å². The van der Waals surface area contributed by atoms with Crippen LogP contribution >= 0.6 is 23.2 Å². The van der Waals surface area contributed by atoms with Crippen LogP contribution in [0, 0.1) is 24.0 Å². The van der Waals surface area contributed by atoms with Gasteiger partial charge in [0.15, 0.2) is 0 Å². The van der Waals surface area contributed by atoms with Gasteiger partial charge >= 0.3 is 6.03 Å². The summed E-state index contributed by atoms with van der Waals surface area (Å²) in [4.78, 5) is 34.9. The monoisotopic (exact) mass is 473 g/mol. The fourth-order valence-electron chi connectivity index (χ4n) is 2.83. The number of nitrogens with zero attached hydrogens (tertiary/aromatic N) is 1. The normalized spacial score (nSPS) is 10.4. The van der Waals surface area contributed by atoms with Gasteiger partial charge in [-0.3, -0.25) is 20.2 Å². The molecule has 0 fully saturated rings. The van der Waals surface area contributed by atoms with Crippen molar-refractivity contribution in [2.75, 3.05) is 5.32 Å². The maximum atomic E-state index is 12.3. The molecular weight excluding hydrogens is 457 g/mol. The Labute approximate surface area is 193 Å². The van der Waals surface area contributed by atoms with Crippen LogP contribution in [0.4, 0.5) is 16.2 Å². The van der Waals surface area contributed by atoms with Crippen molar-refractivity contribution in [1.29, 1.82) is 0 Å². The number of rotatable bonds is 5. The van der Waals surface area contributed by atoms with E-state index in [-0.39, 0.29) is 21.3 Å². The Morgan fingerprint density at radius 1 is 1.03 bits per heavy atom. The van der Waals surface area contributed by atoms with Gasteiger partial charge in [-0.25, -0.2) is 4.79 Å². The number of imide groups is 1. The second-order valence-electron chi connectivity index (χ2n) is 6.75. The lowest BCUT2D eigenvalue weighted by Crippen LogP contribution is -2.34. The average molecular weight is 474 g/mol. The molecule has 3 rings (SSSR count). The van der Waals surface area contributed by atoms with Gasteiger partial charge in [0.2, 0.25) is 0 Å². The summed E-state index contributed by atoms with van der Waals surface area (Å²) in [6.45, 7) is 3.40. The fourth-order valence-corrected chi connectivity index (χ4v) is 3.34. The molecule has 3 amide bonds. The summed E-state index contributed by atoms with van der Waals surface area (Å²) >= 11 is 12.4. The standard InChI is InChI=1S/C22H17Cl2N3O5/c1-12-11-18(25-22(29)26-21(28)16-5-3-4-6-17(16)23)13(2)19(24)20(12)32-15-9-7-14(8-10-15)27(30)31/h3-11H,1-2H3,(H2,25,26,28,29). The van der Waals surface area contributed by atoms with Crippen molar-refractivity contribution in [1.82, 2.24) is 5.32 Å².